The maximum Gasteiger partial charge on any atom is 0.191 e. The third kappa shape index (κ3) is 5.46. The van der Waals surface area contributed by atoms with Gasteiger partial charge in [-0.15, -0.1) is 0 Å². The Bertz CT molecular complexity index is 789. The molecule has 150 valence electrons. The standard InChI is InChI=1S/C22H27ClFN3O/c1-25-21(26-12-9-17-5-7-19(23)8-6-17)27-16-22(10-13-28-14-11-22)18-3-2-4-20(24)15-18/h2-8,15H,9-14,16H2,1H3,(H2,25,26,27). The van der Waals surface area contributed by atoms with Gasteiger partial charge >= 0.3 is 0 Å². The summed E-state index contributed by atoms with van der Waals surface area (Å²) in [6.45, 7) is 2.80. The van der Waals surface area contributed by atoms with Crippen molar-refractivity contribution in [1.82, 2.24) is 10.6 Å². The average Bonchev–Trinajstić information content (AvgIpc) is 2.72. The van der Waals surface area contributed by atoms with Crippen LogP contribution in [-0.4, -0.2) is 39.3 Å². The Morgan fingerprint density at radius 3 is 2.57 bits per heavy atom. The second-order valence-corrected chi connectivity index (χ2v) is 7.57. The van der Waals surface area contributed by atoms with E-state index in [-0.39, 0.29) is 11.2 Å². The lowest BCUT2D eigenvalue weighted by atomic mass is 9.74. The molecule has 1 aliphatic rings. The molecule has 0 unspecified atom stereocenters. The number of hydrogen-bond acceptors (Lipinski definition) is 2. The number of rotatable bonds is 6. The summed E-state index contributed by atoms with van der Waals surface area (Å²) in [5, 5.41) is 7.53. The highest BCUT2D eigenvalue weighted by Crippen LogP contribution is 2.34. The van der Waals surface area contributed by atoms with Gasteiger partial charge in [0.1, 0.15) is 5.82 Å². The van der Waals surface area contributed by atoms with Crippen LogP contribution in [-0.2, 0) is 16.6 Å². The quantitative estimate of drug-likeness (QED) is 0.567. The number of hydrogen-bond donors (Lipinski definition) is 2. The van der Waals surface area contributed by atoms with Gasteiger partial charge in [-0.2, -0.15) is 0 Å². The summed E-state index contributed by atoms with van der Waals surface area (Å²) in [4.78, 5) is 4.33. The first-order valence-electron chi connectivity index (χ1n) is 9.64. The molecule has 0 radical (unpaired) electrons. The van der Waals surface area contributed by atoms with Crippen molar-refractivity contribution in [2.45, 2.75) is 24.7 Å². The van der Waals surface area contributed by atoms with E-state index < -0.39 is 0 Å². The minimum atomic E-state index is -0.200. The zero-order valence-electron chi connectivity index (χ0n) is 16.2. The van der Waals surface area contributed by atoms with Crippen molar-refractivity contribution < 1.29 is 9.13 Å². The van der Waals surface area contributed by atoms with Crippen LogP contribution in [0.5, 0.6) is 0 Å². The molecule has 0 bridgehead atoms. The van der Waals surface area contributed by atoms with Crippen LogP contribution in [0.1, 0.15) is 24.0 Å². The Labute approximate surface area is 171 Å². The summed E-state index contributed by atoms with van der Waals surface area (Å²) >= 11 is 5.93. The molecule has 1 heterocycles. The summed E-state index contributed by atoms with van der Waals surface area (Å²) in [6.07, 6.45) is 2.58. The zero-order chi connectivity index (χ0) is 19.8. The molecule has 0 atom stereocenters. The molecular weight excluding hydrogens is 377 g/mol. The molecule has 4 nitrogen and oxygen atoms in total. The molecule has 2 aromatic carbocycles. The Hall–Kier alpha value is -2.11. The van der Waals surface area contributed by atoms with E-state index in [1.54, 1.807) is 19.2 Å². The van der Waals surface area contributed by atoms with Crippen molar-refractivity contribution in [2.75, 3.05) is 33.4 Å². The van der Waals surface area contributed by atoms with E-state index >= 15 is 0 Å². The van der Waals surface area contributed by atoms with Crippen LogP contribution in [0.15, 0.2) is 53.5 Å². The normalized spacial score (nSPS) is 16.6. The molecule has 2 aromatic rings. The highest BCUT2D eigenvalue weighted by Gasteiger charge is 2.34. The van der Waals surface area contributed by atoms with Gasteiger partial charge in [-0.05, 0) is 54.7 Å². The summed E-state index contributed by atoms with van der Waals surface area (Å²) in [6, 6.07) is 14.8. The molecule has 1 fully saturated rings. The molecule has 6 heteroatoms. The lowest BCUT2D eigenvalue weighted by Crippen LogP contribution is -2.48. The van der Waals surface area contributed by atoms with E-state index in [0.717, 1.165) is 42.4 Å². The topological polar surface area (TPSA) is 45.7 Å². The number of halogens is 2. The molecule has 3 rings (SSSR count). The largest absolute Gasteiger partial charge is 0.381 e. The first-order chi connectivity index (χ1) is 13.6. The third-order valence-electron chi connectivity index (χ3n) is 5.32. The van der Waals surface area contributed by atoms with E-state index in [1.165, 1.54) is 11.6 Å². The van der Waals surface area contributed by atoms with E-state index in [9.17, 15) is 4.39 Å². The maximum absolute atomic E-state index is 13.8. The van der Waals surface area contributed by atoms with Crippen molar-refractivity contribution in [3.8, 4) is 0 Å². The average molecular weight is 404 g/mol. The Morgan fingerprint density at radius 2 is 1.89 bits per heavy atom. The monoisotopic (exact) mass is 403 g/mol. The van der Waals surface area contributed by atoms with Crippen LogP contribution in [0.25, 0.3) is 0 Å². The SMILES string of the molecule is CN=C(NCCc1ccc(Cl)cc1)NCC1(c2cccc(F)c2)CCOCC1. The number of nitrogens with zero attached hydrogens (tertiary/aromatic N) is 1. The number of ether oxygens (including phenoxy) is 1. The van der Waals surface area contributed by atoms with E-state index in [2.05, 4.69) is 15.6 Å². The van der Waals surface area contributed by atoms with Gasteiger partial charge in [0.15, 0.2) is 5.96 Å². The summed E-state index contributed by atoms with van der Waals surface area (Å²) in [5.41, 5.74) is 2.07. The molecule has 28 heavy (non-hydrogen) atoms. The molecule has 2 N–H and O–H groups in total. The predicted octanol–water partition coefficient (Wildman–Crippen LogP) is 3.94. The van der Waals surface area contributed by atoms with Crippen molar-refractivity contribution in [3.05, 3.63) is 70.5 Å². The molecular formula is C22H27ClFN3O. The first-order valence-corrected chi connectivity index (χ1v) is 10.0. The van der Waals surface area contributed by atoms with Crippen LogP contribution < -0.4 is 10.6 Å². The second-order valence-electron chi connectivity index (χ2n) is 7.13. The van der Waals surface area contributed by atoms with Gasteiger partial charge in [0.05, 0.1) is 0 Å². The van der Waals surface area contributed by atoms with E-state index in [1.807, 2.05) is 30.3 Å². The maximum atomic E-state index is 13.8. The molecule has 1 saturated heterocycles. The highest BCUT2D eigenvalue weighted by atomic mass is 35.5. The molecule has 0 saturated carbocycles. The van der Waals surface area contributed by atoms with Gasteiger partial charge in [-0.25, -0.2) is 4.39 Å². The predicted molar refractivity (Wildman–Crippen MR) is 113 cm³/mol. The zero-order valence-corrected chi connectivity index (χ0v) is 16.9. The number of guanidine groups is 1. The number of benzene rings is 2. The lowest BCUT2D eigenvalue weighted by molar-refractivity contribution is 0.0513. The summed E-state index contributed by atoms with van der Waals surface area (Å²) < 4.78 is 19.4. The van der Waals surface area contributed by atoms with Gasteiger partial charge in [0.2, 0.25) is 0 Å². The van der Waals surface area contributed by atoms with Crippen LogP contribution in [0.3, 0.4) is 0 Å². The number of nitrogens with one attached hydrogen (secondary N) is 2. The fourth-order valence-corrected chi connectivity index (χ4v) is 3.72. The van der Waals surface area contributed by atoms with Crippen LogP contribution in [0.2, 0.25) is 5.02 Å². The fourth-order valence-electron chi connectivity index (χ4n) is 3.60. The van der Waals surface area contributed by atoms with Gasteiger partial charge in [0, 0.05) is 43.8 Å². The van der Waals surface area contributed by atoms with Crippen LogP contribution in [0.4, 0.5) is 4.39 Å². The molecule has 0 aliphatic carbocycles. The molecule has 0 amide bonds. The van der Waals surface area contributed by atoms with E-state index in [0.29, 0.717) is 19.8 Å². The van der Waals surface area contributed by atoms with Crippen LogP contribution in [0, 0.1) is 5.82 Å². The minimum Gasteiger partial charge on any atom is -0.381 e. The van der Waals surface area contributed by atoms with Gasteiger partial charge in [-0.3, -0.25) is 4.99 Å². The fraction of sp³-hybridized carbons (Fsp3) is 0.409. The Balaban J connectivity index is 1.59. The van der Waals surface area contributed by atoms with Gasteiger partial charge in [0.25, 0.3) is 0 Å². The first kappa shape index (κ1) is 20.6. The van der Waals surface area contributed by atoms with Crippen molar-refractivity contribution in [1.29, 1.82) is 0 Å². The van der Waals surface area contributed by atoms with Crippen LogP contribution >= 0.6 is 11.6 Å². The minimum absolute atomic E-state index is 0.159. The van der Waals surface area contributed by atoms with Gasteiger partial charge in [-0.1, -0.05) is 35.9 Å². The lowest BCUT2D eigenvalue weighted by Gasteiger charge is -2.38. The van der Waals surface area contributed by atoms with Gasteiger partial charge < -0.3 is 15.4 Å². The number of aliphatic imine (C=N–C) groups is 1. The smallest absolute Gasteiger partial charge is 0.191 e. The Kier molecular flexibility index (Phi) is 7.29. The van der Waals surface area contributed by atoms with E-state index in [4.69, 9.17) is 16.3 Å². The Morgan fingerprint density at radius 1 is 1.14 bits per heavy atom. The van der Waals surface area contributed by atoms with Crippen molar-refractivity contribution >= 4 is 17.6 Å². The second kappa shape index (κ2) is 9.89. The van der Waals surface area contributed by atoms with Crippen molar-refractivity contribution in [2.24, 2.45) is 4.99 Å². The van der Waals surface area contributed by atoms with Crippen molar-refractivity contribution in [3.63, 3.8) is 0 Å². The highest BCUT2D eigenvalue weighted by molar-refractivity contribution is 6.30. The molecule has 0 spiro atoms. The third-order valence-corrected chi connectivity index (χ3v) is 5.58. The summed E-state index contributed by atoms with van der Waals surface area (Å²) in [7, 11) is 1.76. The molecule has 0 aromatic heterocycles. The summed E-state index contributed by atoms with van der Waals surface area (Å²) in [5.74, 6) is 0.546. The molecule has 1 aliphatic heterocycles.